The average molecular weight is 305 g/mol. The van der Waals surface area contributed by atoms with Crippen LogP contribution in [0.3, 0.4) is 0 Å². The number of hydrogen-bond donors (Lipinski definition) is 0. The molecule has 1 rings (SSSR count). The monoisotopic (exact) mass is 304 g/mol. The number of Topliss-reactive ketones (excluding diaryl/α,β-unsaturated/α-hetero) is 1. The Hall–Kier alpha value is -1.28. The fourth-order valence-electron chi connectivity index (χ4n) is 1.08. The predicted octanol–water partition coefficient (Wildman–Crippen LogP) is 3.57. The van der Waals surface area contributed by atoms with Crippen LogP contribution >= 0.6 is 15.9 Å². The third-order valence-corrected chi connectivity index (χ3v) is 2.25. The van der Waals surface area contributed by atoms with Crippen molar-refractivity contribution < 1.29 is 18.0 Å². The van der Waals surface area contributed by atoms with Gasteiger partial charge in [-0.3, -0.25) is 4.79 Å². The van der Waals surface area contributed by atoms with Crippen molar-refractivity contribution in [1.82, 2.24) is 0 Å². The molecule has 0 radical (unpaired) electrons. The molecular formula is C12H8BrF3O. The summed E-state index contributed by atoms with van der Waals surface area (Å²) in [6, 6.07) is 5.07. The van der Waals surface area contributed by atoms with Gasteiger partial charge in [0.2, 0.25) is 0 Å². The van der Waals surface area contributed by atoms with E-state index in [1.165, 1.54) is 12.1 Å². The summed E-state index contributed by atoms with van der Waals surface area (Å²) in [5.41, 5.74) is 0.216. The van der Waals surface area contributed by atoms with Crippen molar-refractivity contribution in [1.29, 1.82) is 0 Å². The van der Waals surface area contributed by atoms with E-state index in [0.717, 1.165) is 17.5 Å². The van der Waals surface area contributed by atoms with E-state index in [4.69, 9.17) is 0 Å². The predicted molar refractivity (Wildman–Crippen MR) is 62.1 cm³/mol. The average Bonchev–Trinajstić information content (AvgIpc) is 2.28. The van der Waals surface area contributed by atoms with Crippen molar-refractivity contribution in [3.05, 3.63) is 35.4 Å². The van der Waals surface area contributed by atoms with Gasteiger partial charge in [0.25, 0.3) is 5.78 Å². The van der Waals surface area contributed by atoms with Gasteiger partial charge in [-0.2, -0.15) is 13.2 Å². The van der Waals surface area contributed by atoms with Crippen molar-refractivity contribution in [3.63, 3.8) is 0 Å². The van der Waals surface area contributed by atoms with Crippen molar-refractivity contribution in [2.75, 3.05) is 5.33 Å². The van der Waals surface area contributed by atoms with E-state index in [1.807, 2.05) is 0 Å². The molecule has 1 nitrogen and oxygen atoms in total. The molecule has 0 atom stereocenters. The van der Waals surface area contributed by atoms with Crippen LogP contribution in [0.2, 0.25) is 0 Å². The number of carbonyl (C=O) groups excluding carboxylic acids is 1. The topological polar surface area (TPSA) is 17.1 Å². The number of carbonyl (C=O) groups is 1. The molecule has 1 aromatic carbocycles. The Morgan fingerprint density at radius 3 is 2.29 bits per heavy atom. The van der Waals surface area contributed by atoms with Crippen molar-refractivity contribution >= 4 is 21.7 Å². The Morgan fingerprint density at radius 1 is 1.24 bits per heavy atom. The van der Waals surface area contributed by atoms with Gasteiger partial charge in [-0.1, -0.05) is 27.8 Å². The normalized spacial score (nSPS) is 10.6. The Kier molecular flexibility index (Phi) is 4.76. The van der Waals surface area contributed by atoms with Gasteiger partial charge in [0.15, 0.2) is 0 Å². The minimum absolute atomic E-state index is 0.372. The van der Waals surface area contributed by atoms with Crippen LogP contribution in [0.15, 0.2) is 24.3 Å². The summed E-state index contributed by atoms with van der Waals surface area (Å²) in [4.78, 5) is 10.9. The molecule has 0 fully saturated rings. The van der Waals surface area contributed by atoms with E-state index in [2.05, 4.69) is 27.8 Å². The maximum atomic E-state index is 12.1. The molecule has 0 saturated heterocycles. The molecule has 0 aliphatic carbocycles. The maximum Gasteiger partial charge on any atom is 0.454 e. The largest absolute Gasteiger partial charge is 0.454 e. The molecule has 0 spiro atoms. The number of hydrogen-bond acceptors (Lipinski definition) is 1. The highest BCUT2D eigenvalue weighted by molar-refractivity contribution is 9.09. The molecule has 17 heavy (non-hydrogen) atoms. The number of halogens is 4. The zero-order valence-corrected chi connectivity index (χ0v) is 10.2. The summed E-state index contributed by atoms with van der Waals surface area (Å²) in [5.74, 6) is 3.77. The van der Waals surface area contributed by atoms with E-state index in [0.29, 0.717) is 12.0 Å². The number of ketones is 1. The molecule has 5 heteroatoms. The first-order valence-corrected chi connectivity index (χ1v) is 5.83. The second kappa shape index (κ2) is 5.87. The Morgan fingerprint density at radius 2 is 1.82 bits per heavy atom. The molecule has 0 unspecified atom stereocenters. The molecular weight excluding hydrogens is 297 g/mol. The molecule has 0 saturated carbocycles. The van der Waals surface area contributed by atoms with Crippen molar-refractivity contribution in [2.24, 2.45) is 0 Å². The molecule has 1 aromatic rings. The molecule has 90 valence electrons. The van der Waals surface area contributed by atoms with Gasteiger partial charge < -0.3 is 0 Å². The van der Waals surface area contributed by atoms with Gasteiger partial charge in [-0.05, 0) is 24.3 Å². The number of rotatable bonds is 2. The third kappa shape index (κ3) is 4.23. The molecule has 0 aliphatic heterocycles. The van der Waals surface area contributed by atoms with Gasteiger partial charge in [0, 0.05) is 22.9 Å². The standard InChI is InChI=1S/C12H8BrF3O/c13-8-2-1-3-9-4-6-10(7-5-9)11(17)12(14,15)16/h4-7H,2,8H2. The van der Waals surface area contributed by atoms with Gasteiger partial charge in [0.1, 0.15) is 0 Å². The van der Waals surface area contributed by atoms with Crippen LogP contribution in [0.5, 0.6) is 0 Å². The third-order valence-electron chi connectivity index (χ3n) is 1.86. The van der Waals surface area contributed by atoms with E-state index in [9.17, 15) is 18.0 Å². The van der Waals surface area contributed by atoms with Crippen molar-refractivity contribution in [2.45, 2.75) is 12.6 Å². The van der Waals surface area contributed by atoms with Crippen LogP contribution < -0.4 is 0 Å². The quantitative estimate of drug-likeness (QED) is 0.464. The van der Waals surface area contributed by atoms with E-state index in [1.54, 1.807) is 0 Å². The summed E-state index contributed by atoms with van der Waals surface area (Å²) < 4.78 is 36.3. The SMILES string of the molecule is O=C(c1ccc(C#CCCBr)cc1)C(F)(F)F. The van der Waals surface area contributed by atoms with Gasteiger partial charge >= 0.3 is 6.18 Å². The fraction of sp³-hybridized carbons (Fsp3) is 0.250. The molecule has 0 N–H and O–H groups in total. The molecule has 0 amide bonds. The molecule has 0 heterocycles. The zero-order chi connectivity index (χ0) is 12.9. The van der Waals surface area contributed by atoms with Crippen LogP contribution in [0.25, 0.3) is 0 Å². The first kappa shape index (κ1) is 13.8. The van der Waals surface area contributed by atoms with Crippen LogP contribution in [0.1, 0.15) is 22.3 Å². The Labute approximate surface area is 105 Å². The highest BCUT2D eigenvalue weighted by Gasteiger charge is 2.38. The molecule has 0 aliphatic rings. The fourth-order valence-corrected chi connectivity index (χ4v) is 1.28. The summed E-state index contributed by atoms with van der Waals surface area (Å²) in [7, 11) is 0. The van der Waals surface area contributed by atoms with Gasteiger partial charge in [-0.25, -0.2) is 0 Å². The Bertz CT molecular complexity index is 451. The van der Waals surface area contributed by atoms with Gasteiger partial charge in [0.05, 0.1) is 0 Å². The number of benzene rings is 1. The first-order valence-electron chi connectivity index (χ1n) is 4.71. The minimum atomic E-state index is -4.83. The first-order chi connectivity index (χ1) is 7.95. The Balaban J connectivity index is 2.83. The lowest BCUT2D eigenvalue weighted by Crippen LogP contribution is -2.22. The van der Waals surface area contributed by atoms with Gasteiger partial charge in [-0.15, -0.1) is 0 Å². The lowest BCUT2D eigenvalue weighted by Gasteiger charge is -2.04. The van der Waals surface area contributed by atoms with Crippen molar-refractivity contribution in [3.8, 4) is 11.8 Å². The lowest BCUT2D eigenvalue weighted by atomic mass is 10.1. The second-order valence-electron chi connectivity index (χ2n) is 3.14. The second-order valence-corrected chi connectivity index (χ2v) is 3.94. The molecule has 0 aromatic heterocycles. The summed E-state index contributed by atoms with van der Waals surface area (Å²) in [6.45, 7) is 0. The lowest BCUT2D eigenvalue weighted by molar-refractivity contribution is -0.0885. The van der Waals surface area contributed by atoms with E-state index >= 15 is 0 Å². The van der Waals surface area contributed by atoms with Crippen LogP contribution in [0.4, 0.5) is 13.2 Å². The minimum Gasteiger partial charge on any atom is -0.284 e. The number of alkyl halides is 4. The summed E-state index contributed by atoms with van der Waals surface area (Å²) in [5, 5.41) is 0.741. The summed E-state index contributed by atoms with van der Waals surface area (Å²) in [6.07, 6.45) is -4.17. The summed E-state index contributed by atoms with van der Waals surface area (Å²) >= 11 is 3.20. The maximum absolute atomic E-state index is 12.1. The smallest absolute Gasteiger partial charge is 0.284 e. The highest BCUT2D eigenvalue weighted by Crippen LogP contribution is 2.21. The van der Waals surface area contributed by atoms with E-state index in [-0.39, 0.29) is 5.56 Å². The molecule has 0 bridgehead atoms. The van der Waals surface area contributed by atoms with Crippen LogP contribution in [-0.4, -0.2) is 17.3 Å². The van der Waals surface area contributed by atoms with Crippen LogP contribution in [0, 0.1) is 11.8 Å². The van der Waals surface area contributed by atoms with E-state index < -0.39 is 12.0 Å². The highest BCUT2D eigenvalue weighted by atomic mass is 79.9. The zero-order valence-electron chi connectivity index (χ0n) is 8.64. The van der Waals surface area contributed by atoms with Crippen LogP contribution in [-0.2, 0) is 0 Å².